The molecule has 2 N–H and O–H groups in total. The fourth-order valence-electron chi connectivity index (χ4n) is 4.23. The molecule has 6 nitrogen and oxygen atoms in total. The van der Waals surface area contributed by atoms with Crippen molar-refractivity contribution in [2.75, 3.05) is 18.4 Å². The minimum Gasteiger partial charge on any atom is -0.317 e. The Morgan fingerprint density at radius 2 is 2.04 bits per heavy atom. The molecule has 1 fully saturated rings. The van der Waals surface area contributed by atoms with Crippen LogP contribution in [-0.2, 0) is 18.3 Å². The number of piperidine rings is 1. The van der Waals surface area contributed by atoms with Crippen LogP contribution in [0.5, 0.6) is 0 Å². The van der Waals surface area contributed by atoms with Gasteiger partial charge >= 0.3 is 0 Å². The number of hydrogen-bond donors (Lipinski definition) is 2. The SMILES string of the molecule is Cl.Cn1nc(C2CCNCC2)nc1NC(=O)CC1CCCc2ccccc21. The number of nitrogens with one attached hydrogen (secondary N) is 2. The lowest BCUT2D eigenvalue weighted by molar-refractivity contribution is -0.116. The third kappa shape index (κ3) is 4.50. The van der Waals surface area contributed by atoms with Crippen molar-refractivity contribution in [3.8, 4) is 0 Å². The van der Waals surface area contributed by atoms with Gasteiger partial charge in [0, 0.05) is 19.4 Å². The molecule has 1 unspecified atom stereocenters. The number of hydrogen-bond acceptors (Lipinski definition) is 4. The molecule has 0 saturated carbocycles. The van der Waals surface area contributed by atoms with Gasteiger partial charge in [-0.2, -0.15) is 10.1 Å². The predicted octanol–water partition coefficient (Wildman–Crippen LogP) is 3.15. The Kier molecular flexibility index (Phi) is 6.50. The lowest BCUT2D eigenvalue weighted by Crippen LogP contribution is -2.27. The number of anilines is 1. The van der Waals surface area contributed by atoms with E-state index in [2.05, 4.69) is 45.0 Å². The van der Waals surface area contributed by atoms with Crippen molar-refractivity contribution in [1.82, 2.24) is 20.1 Å². The van der Waals surface area contributed by atoms with E-state index in [1.807, 2.05) is 7.05 Å². The Morgan fingerprint density at radius 3 is 2.85 bits per heavy atom. The second kappa shape index (κ2) is 8.85. The summed E-state index contributed by atoms with van der Waals surface area (Å²) in [6.07, 6.45) is 5.96. The van der Waals surface area contributed by atoms with Gasteiger partial charge in [-0.3, -0.25) is 10.1 Å². The molecule has 1 amide bonds. The molecule has 2 heterocycles. The summed E-state index contributed by atoms with van der Waals surface area (Å²) in [5.41, 5.74) is 2.73. The van der Waals surface area contributed by atoms with Crippen molar-refractivity contribution in [1.29, 1.82) is 0 Å². The smallest absolute Gasteiger partial charge is 0.227 e. The molecule has 2 aromatic rings. The molecule has 146 valence electrons. The van der Waals surface area contributed by atoms with E-state index >= 15 is 0 Å². The highest BCUT2D eigenvalue weighted by Crippen LogP contribution is 2.34. The van der Waals surface area contributed by atoms with Crippen LogP contribution in [0.3, 0.4) is 0 Å². The summed E-state index contributed by atoms with van der Waals surface area (Å²) in [4.78, 5) is 17.2. The van der Waals surface area contributed by atoms with Crippen molar-refractivity contribution in [2.45, 2.75) is 50.4 Å². The zero-order valence-corrected chi connectivity index (χ0v) is 16.6. The first-order chi connectivity index (χ1) is 12.7. The highest BCUT2D eigenvalue weighted by molar-refractivity contribution is 5.89. The van der Waals surface area contributed by atoms with Crippen LogP contribution in [0.1, 0.15) is 60.9 Å². The van der Waals surface area contributed by atoms with Gasteiger partial charge in [-0.25, -0.2) is 4.68 Å². The Bertz CT molecular complexity index is 784. The highest BCUT2D eigenvalue weighted by Gasteiger charge is 2.24. The second-order valence-electron chi connectivity index (χ2n) is 7.48. The van der Waals surface area contributed by atoms with Gasteiger partial charge in [-0.1, -0.05) is 24.3 Å². The van der Waals surface area contributed by atoms with Crippen molar-refractivity contribution in [3.63, 3.8) is 0 Å². The Morgan fingerprint density at radius 1 is 1.26 bits per heavy atom. The van der Waals surface area contributed by atoms with Crippen LogP contribution in [0, 0.1) is 0 Å². The lowest BCUT2D eigenvalue weighted by Gasteiger charge is -2.24. The molecule has 1 atom stereocenters. The van der Waals surface area contributed by atoms with Crippen LogP contribution in [0.25, 0.3) is 0 Å². The molecule has 7 heteroatoms. The standard InChI is InChI=1S/C20H27N5O.ClH/c1-25-20(23-19(24-25)15-9-11-21-12-10-15)22-18(26)13-16-7-4-6-14-5-2-3-8-17(14)16;/h2-3,5,8,15-16,21H,4,6-7,9-13H2,1H3,(H,22,23,24,26);1H. The number of aryl methyl sites for hydroxylation is 2. The third-order valence-corrected chi connectivity index (χ3v) is 5.66. The van der Waals surface area contributed by atoms with E-state index in [0.717, 1.165) is 51.0 Å². The van der Waals surface area contributed by atoms with Gasteiger partial charge in [-0.15, -0.1) is 12.4 Å². The Labute approximate surface area is 166 Å². The van der Waals surface area contributed by atoms with E-state index in [4.69, 9.17) is 0 Å². The fraction of sp³-hybridized carbons (Fsp3) is 0.550. The number of amides is 1. The zero-order chi connectivity index (χ0) is 17.9. The van der Waals surface area contributed by atoms with E-state index in [1.54, 1.807) is 4.68 Å². The van der Waals surface area contributed by atoms with Crippen LogP contribution in [0.15, 0.2) is 24.3 Å². The molecule has 4 rings (SSSR count). The van der Waals surface area contributed by atoms with Crippen LogP contribution in [0.2, 0.25) is 0 Å². The Balaban J connectivity index is 0.00000210. The number of carbonyl (C=O) groups excluding carboxylic acids is 1. The molecule has 1 aliphatic heterocycles. The van der Waals surface area contributed by atoms with Gasteiger partial charge in [0.1, 0.15) is 0 Å². The summed E-state index contributed by atoms with van der Waals surface area (Å²) >= 11 is 0. The van der Waals surface area contributed by atoms with Gasteiger partial charge < -0.3 is 5.32 Å². The topological polar surface area (TPSA) is 71.8 Å². The zero-order valence-electron chi connectivity index (χ0n) is 15.8. The minimum atomic E-state index is 0. The number of aromatic nitrogens is 3. The molecule has 0 bridgehead atoms. The first-order valence-electron chi connectivity index (χ1n) is 9.70. The first-order valence-corrected chi connectivity index (χ1v) is 9.70. The van der Waals surface area contributed by atoms with Crippen molar-refractivity contribution in [2.24, 2.45) is 7.05 Å². The van der Waals surface area contributed by atoms with E-state index < -0.39 is 0 Å². The number of carbonyl (C=O) groups is 1. The average molecular weight is 390 g/mol. The molecule has 1 saturated heterocycles. The van der Waals surface area contributed by atoms with Crippen molar-refractivity contribution in [3.05, 3.63) is 41.2 Å². The first kappa shape index (κ1) is 19.8. The van der Waals surface area contributed by atoms with Crippen LogP contribution >= 0.6 is 12.4 Å². The van der Waals surface area contributed by atoms with Gasteiger partial charge in [-0.05, 0) is 62.2 Å². The van der Waals surface area contributed by atoms with Gasteiger partial charge in [0.15, 0.2) is 5.82 Å². The normalized spacial score (nSPS) is 19.8. The van der Waals surface area contributed by atoms with E-state index in [9.17, 15) is 4.79 Å². The highest BCUT2D eigenvalue weighted by atomic mass is 35.5. The monoisotopic (exact) mass is 389 g/mol. The van der Waals surface area contributed by atoms with Gasteiger partial charge in [0.25, 0.3) is 0 Å². The summed E-state index contributed by atoms with van der Waals surface area (Å²) in [6, 6.07) is 8.52. The molecular weight excluding hydrogens is 362 g/mol. The molecule has 1 aromatic carbocycles. The maximum Gasteiger partial charge on any atom is 0.227 e. The molecule has 0 spiro atoms. The Hall–Kier alpha value is -1.92. The molecule has 1 aromatic heterocycles. The van der Waals surface area contributed by atoms with Crippen molar-refractivity contribution < 1.29 is 4.79 Å². The van der Waals surface area contributed by atoms with E-state index in [-0.39, 0.29) is 18.3 Å². The number of nitrogens with zero attached hydrogens (tertiary/aromatic N) is 3. The number of halogens is 1. The second-order valence-corrected chi connectivity index (χ2v) is 7.48. The summed E-state index contributed by atoms with van der Waals surface area (Å²) in [6.45, 7) is 2.01. The molecule has 0 radical (unpaired) electrons. The average Bonchev–Trinajstić information content (AvgIpc) is 3.03. The molecular formula is C20H28ClN5O. The van der Waals surface area contributed by atoms with Crippen LogP contribution < -0.4 is 10.6 Å². The van der Waals surface area contributed by atoms with Crippen LogP contribution in [0.4, 0.5) is 5.95 Å². The maximum absolute atomic E-state index is 12.6. The summed E-state index contributed by atoms with van der Waals surface area (Å²) < 4.78 is 1.70. The van der Waals surface area contributed by atoms with Crippen LogP contribution in [-0.4, -0.2) is 33.8 Å². The number of rotatable bonds is 4. The number of fused-ring (bicyclic) bond motifs is 1. The fourth-order valence-corrected chi connectivity index (χ4v) is 4.23. The van der Waals surface area contributed by atoms with Crippen molar-refractivity contribution >= 4 is 24.3 Å². The summed E-state index contributed by atoms with van der Waals surface area (Å²) in [5, 5.41) is 10.9. The van der Waals surface area contributed by atoms with E-state index in [0.29, 0.717) is 24.2 Å². The maximum atomic E-state index is 12.6. The molecule has 1 aliphatic carbocycles. The van der Waals surface area contributed by atoms with E-state index in [1.165, 1.54) is 11.1 Å². The minimum absolute atomic E-state index is 0. The third-order valence-electron chi connectivity index (χ3n) is 5.66. The quantitative estimate of drug-likeness (QED) is 0.842. The van der Waals surface area contributed by atoms with Gasteiger partial charge in [0.05, 0.1) is 0 Å². The summed E-state index contributed by atoms with van der Waals surface area (Å²) in [7, 11) is 1.85. The summed E-state index contributed by atoms with van der Waals surface area (Å²) in [5.74, 6) is 2.13. The van der Waals surface area contributed by atoms with Gasteiger partial charge in [0.2, 0.25) is 11.9 Å². The molecule has 27 heavy (non-hydrogen) atoms. The largest absolute Gasteiger partial charge is 0.317 e. The molecule has 2 aliphatic rings. The lowest BCUT2D eigenvalue weighted by atomic mass is 9.81. The predicted molar refractivity (Wildman–Crippen MR) is 108 cm³/mol. The number of benzene rings is 1.